The zero-order chi connectivity index (χ0) is 21.6. The Hall–Kier alpha value is -2.30. The largest absolute Gasteiger partial charge is 0.484 e. The summed E-state index contributed by atoms with van der Waals surface area (Å²) in [5.41, 5.74) is -0.0516. The van der Waals surface area contributed by atoms with Gasteiger partial charge in [0.15, 0.2) is 11.6 Å². The van der Waals surface area contributed by atoms with Crippen LogP contribution in [0.2, 0.25) is 5.02 Å². The number of rotatable bonds is 9. The second kappa shape index (κ2) is 9.95. The van der Waals surface area contributed by atoms with Crippen LogP contribution in [-0.2, 0) is 16.6 Å². The van der Waals surface area contributed by atoms with Crippen molar-refractivity contribution in [2.45, 2.75) is 13.5 Å². The maximum atomic E-state index is 14.3. The monoisotopic (exact) mass is 447 g/mol. The summed E-state index contributed by atoms with van der Waals surface area (Å²) in [4.78, 5) is 16.1. The van der Waals surface area contributed by atoms with Gasteiger partial charge in [0.05, 0.1) is 22.5 Å². The lowest BCUT2D eigenvalue weighted by molar-refractivity contribution is 0.0947. The standard InChI is InChI=1S/C18H20ClF2N3O4S/c1-3-24(29(2,26)27)7-6-22-18(25)14-8-16(21)17(9-15(14)20)28-11-13-5-4-12(19)10-23-13/h4-5,8-10H,3,6-7,11H2,1-2H3,(H,22,25). The minimum absolute atomic E-state index is 0.0143. The van der Waals surface area contributed by atoms with Crippen LogP contribution >= 0.6 is 11.6 Å². The molecule has 0 saturated heterocycles. The zero-order valence-electron chi connectivity index (χ0n) is 15.8. The second-order valence-corrected chi connectivity index (χ2v) is 8.45. The fourth-order valence-corrected chi connectivity index (χ4v) is 3.41. The summed E-state index contributed by atoms with van der Waals surface area (Å²) in [6.07, 6.45) is 2.44. The number of likely N-dealkylation sites (N-methyl/N-ethyl adjacent to an activating group) is 1. The second-order valence-electron chi connectivity index (χ2n) is 6.03. The molecule has 0 spiro atoms. The Balaban J connectivity index is 2.00. The van der Waals surface area contributed by atoms with Crippen LogP contribution < -0.4 is 10.1 Å². The predicted molar refractivity (Wildman–Crippen MR) is 104 cm³/mol. The number of carbonyl (C=O) groups excluding carboxylic acids is 1. The highest BCUT2D eigenvalue weighted by molar-refractivity contribution is 7.88. The number of amides is 1. The molecule has 0 unspecified atom stereocenters. The number of sulfonamides is 1. The van der Waals surface area contributed by atoms with Gasteiger partial charge in [-0.05, 0) is 18.2 Å². The number of nitrogens with zero attached hydrogens (tertiary/aromatic N) is 2. The number of benzene rings is 1. The molecule has 1 amide bonds. The molecular formula is C18H20ClF2N3O4S. The van der Waals surface area contributed by atoms with Gasteiger partial charge in [0.2, 0.25) is 10.0 Å². The molecule has 1 heterocycles. The molecule has 0 bridgehead atoms. The van der Waals surface area contributed by atoms with Gasteiger partial charge in [0, 0.05) is 31.9 Å². The molecule has 0 aliphatic heterocycles. The lowest BCUT2D eigenvalue weighted by Crippen LogP contribution is -2.38. The van der Waals surface area contributed by atoms with Crippen LogP contribution in [-0.4, -0.2) is 49.5 Å². The molecule has 0 fully saturated rings. The first-order valence-electron chi connectivity index (χ1n) is 8.57. The quantitative estimate of drug-likeness (QED) is 0.638. The van der Waals surface area contributed by atoms with Gasteiger partial charge in [-0.15, -0.1) is 0 Å². The third-order valence-corrected chi connectivity index (χ3v) is 5.50. The van der Waals surface area contributed by atoms with Gasteiger partial charge >= 0.3 is 0 Å². The van der Waals surface area contributed by atoms with Crippen LogP contribution in [0.15, 0.2) is 30.5 Å². The molecule has 29 heavy (non-hydrogen) atoms. The van der Waals surface area contributed by atoms with E-state index in [9.17, 15) is 22.0 Å². The van der Waals surface area contributed by atoms with Gasteiger partial charge in [-0.1, -0.05) is 18.5 Å². The van der Waals surface area contributed by atoms with Gasteiger partial charge in [0.1, 0.15) is 12.4 Å². The number of nitrogens with one attached hydrogen (secondary N) is 1. The van der Waals surface area contributed by atoms with Crippen LogP contribution in [0.1, 0.15) is 23.0 Å². The van der Waals surface area contributed by atoms with E-state index in [4.69, 9.17) is 16.3 Å². The van der Waals surface area contributed by atoms with Crippen molar-refractivity contribution in [3.8, 4) is 5.75 Å². The van der Waals surface area contributed by atoms with Crippen molar-refractivity contribution >= 4 is 27.5 Å². The Morgan fingerprint density at radius 3 is 2.59 bits per heavy atom. The molecule has 0 radical (unpaired) electrons. The highest BCUT2D eigenvalue weighted by atomic mass is 35.5. The van der Waals surface area contributed by atoms with E-state index in [-0.39, 0.29) is 32.0 Å². The van der Waals surface area contributed by atoms with Gasteiger partial charge in [-0.3, -0.25) is 9.78 Å². The van der Waals surface area contributed by atoms with E-state index in [1.54, 1.807) is 19.1 Å². The molecule has 0 atom stereocenters. The smallest absolute Gasteiger partial charge is 0.254 e. The third-order valence-electron chi connectivity index (χ3n) is 3.90. The van der Waals surface area contributed by atoms with Gasteiger partial charge in [0.25, 0.3) is 5.91 Å². The van der Waals surface area contributed by atoms with Crippen molar-refractivity contribution < 1.29 is 26.7 Å². The molecule has 2 rings (SSSR count). The first-order chi connectivity index (χ1) is 13.6. The lowest BCUT2D eigenvalue weighted by atomic mass is 10.1. The fraction of sp³-hybridized carbons (Fsp3) is 0.333. The molecule has 0 aliphatic carbocycles. The minimum Gasteiger partial charge on any atom is -0.484 e. The van der Waals surface area contributed by atoms with Crippen molar-refractivity contribution in [3.05, 3.63) is 58.4 Å². The minimum atomic E-state index is -3.41. The van der Waals surface area contributed by atoms with Crippen LogP contribution in [0.25, 0.3) is 0 Å². The zero-order valence-corrected chi connectivity index (χ0v) is 17.4. The van der Waals surface area contributed by atoms with Crippen LogP contribution in [0, 0.1) is 11.6 Å². The molecule has 158 valence electrons. The average molecular weight is 448 g/mol. The molecule has 1 aromatic heterocycles. The summed E-state index contributed by atoms with van der Waals surface area (Å²) in [5, 5.41) is 2.80. The molecule has 0 saturated carbocycles. The van der Waals surface area contributed by atoms with Crippen LogP contribution in [0.5, 0.6) is 5.75 Å². The summed E-state index contributed by atoms with van der Waals surface area (Å²) in [6, 6.07) is 4.66. The van der Waals surface area contributed by atoms with Crippen molar-refractivity contribution in [1.29, 1.82) is 0 Å². The van der Waals surface area contributed by atoms with E-state index in [2.05, 4.69) is 10.3 Å². The number of carbonyl (C=O) groups is 1. The van der Waals surface area contributed by atoms with Crippen molar-refractivity contribution in [3.63, 3.8) is 0 Å². The Morgan fingerprint density at radius 2 is 2.00 bits per heavy atom. The summed E-state index contributed by atoms with van der Waals surface area (Å²) < 4.78 is 57.8. The SMILES string of the molecule is CCN(CCNC(=O)c1cc(F)c(OCc2ccc(Cl)cn2)cc1F)S(C)(=O)=O. The van der Waals surface area contributed by atoms with E-state index in [1.165, 1.54) is 6.20 Å². The number of halogens is 3. The Labute approximate surface area is 172 Å². The first kappa shape index (κ1) is 23.0. The van der Waals surface area contributed by atoms with E-state index >= 15 is 0 Å². The number of aromatic nitrogens is 1. The predicted octanol–water partition coefficient (Wildman–Crippen LogP) is 2.60. The Bertz CT molecular complexity index is 972. The number of ether oxygens (including phenoxy) is 1. The summed E-state index contributed by atoms with van der Waals surface area (Å²) in [5.74, 6) is -3.13. The van der Waals surface area contributed by atoms with Gasteiger partial charge < -0.3 is 10.1 Å². The molecule has 7 nitrogen and oxygen atoms in total. The van der Waals surface area contributed by atoms with Gasteiger partial charge in [-0.25, -0.2) is 21.5 Å². The van der Waals surface area contributed by atoms with Crippen LogP contribution in [0.4, 0.5) is 8.78 Å². The average Bonchev–Trinajstić information content (AvgIpc) is 2.65. The van der Waals surface area contributed by atoms with Crippen molar-refractivity contribution in [1.82, 2.24) is 14.6 Å². The van der Waals surface area contributed by atoms with E-state index in [1.807, 2.05) is 0 Å². The maximum absolute atomic E-state index is 14.3. The molecule has 11 heteroatoms. The normalized spacial score (nSPS) is 11.5. The van der Waals surface area contributed by atoms with Gasteiger partial charge in [-0.2, -0.15) is 0 Å². The van der Waals surface area contributed by atoms with Crippen molar-refractivity contribution in [2.24, 2.45) is 0 Å². The molecule has 1 aromatic carbocycles. The van der Waals surface area contributed by atoms with E-state index in [0.717, 1.165) is 22.7 Å². The Morgan fingerprint density at radius 1 is 1.28 bits per heavy atom. The molecule has 2 aromatic rings. The molecule has 0 aliphatic rings. The summed E-state index contributed by atoms with van der Waals surface area (Å²) in [6.45, 7) is 1.72. The lowest BCUT2D eigenvalue weighted by Gasteiger charge is -2.18. The highest BCUT2D eigenvalue weighted by Gasteiger charge is 2.18. The van der Waals surface area contributed by atoms with E-state index in [0.29, 0.717) is 10.7 Å². The molecule has 1 N–H and O–H groups in total. The highest BCUT2D eigenvalue weighted by Crippen LogP contribution is 2.22. The maximum Gasteiger partial charge on any atom is 0.254 e. The fourth-order valence-electron chi connectivity index (χ4n) is 2.40. The Kier molecular flexibility index (Phi) is 7.88. The van der Waals surface area contributed by atoms with E-state index < -0.39 is 33.1 Å². The summed E-state index contributed by atoms with van der Waals surface area (Å²) >= 11 is 5.72. The number of hydrogen-bond donors (Lipinski definition) is 1. The number of hydrogen-bond acceptors (Lipinski definition) is 5. The topological polar surface area (TPSA) is 88.6 Å². The third kappa shape index (κ3) is 6.62. The number of pyridine rings is 1. The van der Waals surface area contributed by atoms with Crippen LogP contribution in [0.3, 0.4) is 0 Å². The van der Waals surface area contributed by atoms with Crippen molar-refractivity contribution in [2.75, 3.05) is 25.9 Å². The molecular weight excluding hydrogens is 428 g/mol. The first-order valence-corrected chi connectivity index (χ1v) is 10.8. The summed E-state index contributed by atoms with van der Waals surface area (Å²) in [7, 11) is -3.41.